The largest absolute Gasteiger partial charge is 0.338 e. The molecule has 1 saturated carbocycles. The molecule has 0 radical (unpaired) electrons. The summed E-state index contributed by atoms with van der Waals surface area (Å²) in [6.07, 6.45) is 6.89. The van der Waals surface area contributed by atoms with Crippen LogP contribution in [0.4, 0.5) is 0 Å². The number of hydrogen-bond acceptors (Lipinski definition) is 4. The van der Waals surface area contributed by atoms with Crippen LogP contribution in [0.25, 0.3) is 0 Å². The van der Waals surface area contributed by atoms with E-state index in [-0.39, 0.29) is 0 Å². The third-order valence-electron chi connectivity index (χ3n) is 2.96. The topological polar surface area (TPSA) is 51.0 Å². The Bertz CT molecular complexity index is 344. The van der Waals surface area contributed by atoms with Gasteiger partial charge in [-0.25, -0.2) is 0 Å². The SMILES string of the molecule is C=CCCC(NCc1nc(C)no1)C1CC1. The van der Waals surface area contributed by atoms with Crippen LogP contribution in [0.2, 0.25) is 0 Å². The van der Waals surface area contributed by atoms with Crippen molar-refractivity contribution >= 4 is 0 Å². The number of nitrogens with one attached hydrogen (secondary N) is 1. The van der Waals surface area contributed by atoms with E-state index in [4.69, 9.17) is 4.52 Å². The second-order valence-electron chi connectivity index (χ2n) is 4.43. The summed E-state index contributed by atoms with van der Waals surface area (Å²) < 4.78 is 5.08. The van der Waals surface area contributed by atoms with Crippen molar-refractivity contribution in [2.75, 3.05) is 0 Å². The highest BCUT2D eigenvalue weighted by atomic mass is 16.5. The Morgan fingerprint density at radius 3 is 3.00 bits per heavy atom. The first kappa shape index (κ1) is 11.3. The second-order valence-corrected chi connectivity index (χ2v) is 4.43. The first-order valence-electron chi connectivity index (χ1n) is 5.93. The lowest BCUT2D eigenvalue weighted by Gasteiger charge is -2.15. The standard InChI is InChI=1S/C12H19N3O/c1-3-4-5-11(10-6-7-10)13-8-12-14-9(2)15-16-12/h3,10-11,13H,1,4-8H2,2H3. The van der Waals surface area contributed by atoms with E-state index in [0.717, 1.165) is 18.8 Å². The Morgan fingerprint density at radius 1 is 1.62 bits per heavy atom. The van der Waals surface area contributed by atoms with Gasteiger partial charge in [0.2, 0.25) is 5.89 Å². The lowest BCUT2D eigenvalue weighted by Crippen LogP contribution is -2.30. The zero-order valence-electron chi connectivity index (χ0n) is 9.78. The normalized spacial score (nSPS) is 17.3. The molecular weight excluding hydrogens is 202 g/mol. The van der Waals surface area contributed by atoms with Gasteiger partial charge in [-0.15, -0.1) is 6.58 Å². The predicted octanol–water partition coefficient (Wildman–Crippen LogP) is 2.21. The molecule has 1 fully saturated rings. The number of aromatic nitrogens is 2. The summed E-state index contributed by atoms with van der Waals surface area (Å²) in [5.74, 6) is 2.22. The maximum absolute atomic E-state index is 5.08. The molecule has 4 nitrogen and oxygen atoms in total. The molecule has 1 aliphatic rings. The van der Waals surface area contributed by atoms with Crippen LogP contribution in [0, 0.1) is 12.8 Å². The Hall–Kier alpha value is -1.16. The Labute approximate surface area is 96.1 Å². The molecule has 1 atom stereocenters. The molecule has 2 rings (SSSR count). The van der Waals surface area contributed by atoms with E-state index < -0.39 is 0 Å². The highest BCUT2D eigenvalue weighted by Crippen LogP contribution is 2.34. The fourth-order valence-electron chi connectivity index (χ4n) is 1.93. The summed E-state index contributed by atoms with van der Waals surface area (Å²) in [5.41, 5.74) is 0. The average molecular weight is 221 g/mol. The van der Waals surface area contributed by atoms with Gasteiger partial charge >= 0.3 is 0 Å². The summed E-state index contributed by atoms with van der Waals surface area (Å²) in [4.78, 5) is 4.18. The van der Waals surface area contributed by atoms with Crippen molar-refractivity contribution in [3.05, 3.63) is 24.4 Å². The summed E-state index contributed by atoms with van der Waals surface area (Å²) in [5, 5.41) is 7.28. The van der Waals surface area contributed by atoms with Gasteiger partial charge in [-0.05, 0) is 38.5 Å². The van der Waals surface area contributed by atoms with Crippen molar-refractivity contribution in [3.63, 3.8) is 0 Å². The number of nitrogens with zero attached hydrogens (tertiary/aromatic N) is 2. The van der Waals surface area contributed by atoms with Crippen LogP contribution >= 0.6 is 0 Å². The summed E-state index contributed by atoms with van der Waals surface area (Å²) in [6, 6.07) is 0.574. The van der Waals surface area contributed by atoms with Crippen molar-refractivity contribution in [3.8, 4) is 0 Å². The average Bonchev–Trinajstić information content (AvgIpc) is 3.03. The molecule has 16 heavy (non-hydrogen) atoms. The van der Waals surface area contributed by atoms with Crippen molar-refractivity contribution in [2.24, 2.45) is 5.92 Å². The molecule has 1 aliphatic carbocycles. The van der Waals surface area contributed by atoms with E-state index in [0.29, 0.717) is 24.3 Å². The number of rotatable bonds is 7. The van der Waals surface area contributed by atoms with Gasteiger partial charge in [0.1, 0.15) is 0 Å². The molecule has 0 bridgehead atoms. The van der Waals surface area contributed by atoms with Gasteiger partial charge < -0.3 is 9.84 Å². The van der Waals surface area contributed by atoms with Gasteiger partial charge in [0, 0.05) is 6.04 Å². The highest BCUT2D eigenvalue weighted by Gasteiger charge is 2.30. The van der Waals surface area contributed by atoms with E-state index in [1.54, 1.807) is 0 Å². The molecule has 0 aliphatic heterocycles. The van der Waals surface area contributed by atoms with Gasteiger partial charge in [0.05, 0.1) is 6.54 Å². The maximum atomic E-state index is 5.08. The predicted molar refractivity (Wildman–Crippen MR) is 61.8 cm³/mol. The fraction of sp³-hybridized carbons (Fsp3) is 0.667. The van der Waals surface area contributed by atoms with Crippen molar-refractivity contribution in [2.45, 2.75) is 45.2 Å². The van der Waals surface area contributed by atoms with E-state index in [2.05, 4.69) is 22.0 Å². The van der Waals surface area contributed by atoms with Crippen molar-refractivity contribution in [1.82, 2.24) is 15.5 Å². The summed E-state index contributed by atoms with van der Waals surface area (Å²) >= 11 is 0. The molecule has 1 aromatic rings. The minimum atomic E-state index is 0.574. The van der Waals surface area contributed by atoms with E-state index in [9.17, 15) is 0 Å². The minimum absolute atomic E-state index is 0.574. The lowest BCUT2D eigenvalue weighted by atomic mass is 10.1. The second kappa shape index (κ2) is 5.25. The van der Waals surface area contributed by atoms with Gasteiger partial charge in [0.25, 0.3) is 0 Å². The molecule has 0 amide bonds. The van der Waals surface area contributed by atoms with Gasteiger partial charge in [-0.3, -0.25) is 0 Å². The fourth-order valence-corrected chi connectivity index (χ4v) is 1.93. The van der Waals surface area contributed by atoms with Crippen LogP contribution in [0.5, 0.6) is 0 Å². The van der Waals surface area contributed by atoms with Crippen molar-refractivity contribution in [1.29, 1.82) is 0 Å². The highest BCUT2D eigenvalue weighted by molar-refractivity contribution is 4.90. The molecule has 0 saturated heterocycles. The first-order chi connectivity index (χ1) is 7.79. The lowest BCUT2D eigenvalue weighted by molar-refractivity contribution is 0.342. The molecule has 0 spiro atoms. The van der Waals surface area contributed by atoms with Gasteiger partial charge in [0.15, 0.2) is 5.82 Å². The Balaban J connectivity index is 1.79. The number of aryl methyl sites for hydroxylation is 1. The summed E-state index contributed by atoms with van der Waals surface area (Å²) in [7, 11) is 0. The quantitative estimate of drug-likeness (QED) is 0.717. The van der Waals surface area contributed by atoms with Gasteiger partial charge in [-0.2, -0.15) is 4.98 Å². The van der Waals surface area contributed by atoms with Crippen LogP contribution in [0.15, 0.2) is 17.2 Å². The van der Waals surface area contributed by atoms with Crippen molar-refractivity contribution < 1.29 is 4.52 Å². The van der Waals surface area contributed by atoms with Crippen LogP contribution in [-0.4, -0.2) is 16.2 Å². The molecule has 1 N–H and O–H groups in total. The summed E-state index contributed by atoms with van der Waals surface area (Å²) in [6.45, 7) is 6.28. The molecule has 1 aromatic heterocycles. The zero-order chi connectivity index (χ0) is 11.4. The molecule has 88 valence electrons. The number of allylic oxidation sites excluding steroid dienone is 1. The van der Waals surface area contributed by atoms with E-state index >= 15 is 0 Å². The number of hydrogen-bond donors (Lipinski definition) is 1. The zero-order valence-corrected chi connectivity index (χ0v) is 9.78. The molecule has 1 unspecified atom stereocenters. The Kier molecular flexibility index (Phi) is 3.72. The molecule has 4 heteroatoms. The minimum Gasteiger partial charge on any atom is -0.338 e. The van der Waals surface area contributed by atoms with Gasteiger partial charge in [-0.1, -0.05) is 11.2 Å². The molecule has 0 aromatic carbocycles. The van der Waals surface area contributed by atoms with E-state index in [1.165, 1.54) is 12.8 Å². The monoisotopic (exact) mass is 221 g/mol. The molecular formula is C12H19N3O. The molecule has 1 heterocycles. The van der Waals surface area contributed by atoms with E-state index in [1.807, 2.05) is 13.0 Å². The van der Waals surface area contributed by atoms with Crippen LogP contribution in [0.1, 0.15) is 37.4 Å². The van der Waals surface area contributed by atoms with Crippen LogP contribution < -0.4 is 5.32 Å². The van der Waals surface area contributed by atoms with Crippen LogP contribution in [0.3, 0.4) is 0 Å². The first-order valence-corrected chi connectivity index (χ1v) is 5.93. The third-order valence-corrected chi connectivity index (χ3v) is 2.96. The third kappa shape index (κ3) is 3.17. The maximum Gasteiger partial charge on any atom is 0.240 e. The van der Waals surface area contributed by atoms with Crippen LogP contribution in [-0.2, 0) is 6.54 Å². The Morgan fingerprint density at radius 2 is 2.44 bits per heavy atom. The smallest absolute Gasteiger partial charge is 0.240 e.